The lowest BCUT2D eigenvalue weighted by Crippen LogP contribution is -2.45. The lowest BCUT2D eigenvalue weighted by Gasteiger charge is -2.35. The second-order valence-corrected chi connectivity index (χ2v) is 6.02. The lowest BCUT2D eigenvalue weighted by atomic mass is 10.1. The third kappa shape index (κ3) is 5.11. The number of carbonyl (C=O) groups excluding carboxylic acids is 1. The molecule has 122 valence electrons. The molecule has 4 heteroatoms. The Hall–Kier alpha value is -1.39. The molecule has 1 aromatic carbocycles. The Morgan fingerprint density at radius 1 is 1.23 bits per heavy atom. The van der Waals surface area contributed by atoms with Gasteiger partial charge in [-0.3, -0.25) is 9.69 Å². The summed E-state index contributed by atoms with van der Waals surface area (Å²) in [5.74, 6) is 0.999. The number of benzene rings is 1. The number of ether oxygens (including phenoxy) is 2. The number of morpholine rings is 1. The maximum Gasteiger partial charge on any atom is 0.162 e. The van der Waals surface area contributed by atoms with Gasteiger partial charge in [-0.05, 0) is 44.5 Å². The summed E-state index contributed by atoms with van der Waals surface area (Å²) in [5, 5.41) is 0. The van der Waals surface area contributed by atoms with Gasteiger partial charge in [0.2, 0.25) is 0 Å². The van der Waals surface area contributed by atoms with Crippen LogP contribution in [0.3, 0.4) is 0 Å². The number of Topliss-reactive ketones (excluding diaryl/α,β-unsaturated/α-hetero) is 1. The van der Waals surface area contributed by atoms with Gasteiger partial charge in [-0.1, -0.05) is 6.92 Å². The van der Waals surface area contributed by atoms with Crippen molar-refractivity contribution in [3.05, 3.63) is 29.8 Å². The second kappa shape index (κ2) is 8.30. The summed E-state index contributed by atoms with van der Waals surface area (Å²) >= 11 is 0. The van der Waals surface area contributed by atoms with Gasteiger partial charge in [0.05, 0.1) is 18.8 Å². The predicted molar refractivity (Wildman–Crippen MR) is 87.6 cm³/mol. The Morgan fingerprint density at radius 2 is 1.86 bits per heavy atom. The molecule has 0 unspecified atom stereocenters. The molecule has 0 N–H and O–H groups in total. The lowest BCUT2D eigenvalue weighted by molar-refractivity contribution is -0.0686. The Morgan fingerprint density at radius 3 is 2.45 bits per heavy atom. The average Bonchev–Trinajstić information content (AvgIpc) is 2.50. The van der Waals surface area contributed by atoms with Crippen molar-refractivity contribution >= 4 is 5.78 Å². The number of rotatable bonds is 7. The van der Waals surface area contributed by atoms with Crippen LogP contribution >= 0.6 is 0 Å². The predicted octanol–water partition coefficient (Wildman–Crippen LogP) is 3.16. The first-order valence-electron chi connectivity index (χ1n) is 8.22. The van der Waals surface area contributed by atoms with Gasteiger partial charge in [-0.2, -0.15) is 0 Å². The average molecular weight is 305 g/mol. The summed E-state index contributed by atoms with van der Waals surface area (Å²) in [6.07, 6.45) is 2.16. The molecule has 0 aromatic heterocycles. The molecule has 0 amide bonds. The van der Waals surface area contributed by atoms with Crippen LogP contribution in [0.25, 0.3) is 0 Å². The molecule has 4 nitrogen and oxygen atoms in total. The highest BCUT2D eigenvalue weighted by Crippen LogP contribution is 2.14. The van der Waals surface area contributed by atoms with Gasteiger partial charge in [0.1, 0.15) is 5.75 Å². The van der Waals surface area contributed by atoms with Crippen LogP contribution in [0.4, 0.5) is 0 Å². The minimum absolute atomic E-state index is 0.169. The molecule has 0 saturated carbocycles. The molecular formula is C18H27NO3. The van der Waals surface area contributed by atoms with Crippen molar-refractivity contribution in [1.82, 2.24) is 4.90 Å². The van der Waals surface area contributed by atoms with Crippen molar-refractivity contribution in [1.29, 1.82) is 0 Å². The largest absolute Gasteiger partial charge is 0.494 e. The van der Waals surface area contributed by atoms with Crippen LogP contribution in [-0.4, -0.2) is 49.1 Å². The highest BCUT2D eigenvalue weighted by molar-refractivity contribution is 5.95. The van der Waals surface area contributed by atoms with Gasteiger partial charge in [0, 0.05) is 31.6 Å². The topological polar surface area (TPSA) is 38.8 Å². The maximum absolute atomic E-state index is 11.6. The van der Waals surface area contributed by atoms with E-state index in [1.54, 1.807) is 0 Å². The van der Waals surface area contributed by atoms with Crippen LogP contribution in [0.1, 0.15) is 44.0 Å². The van der Waals surface area contributed by atoms with Crippen molar-refractivity contribution in [3.8, 4) is 5.75 Å². The fourth-order valence-corrected chi connectivity index (χ4v) is 2.89. The van der Waals surface area contributed by atoms with E-state index in [-0.39, 0.29) is 5.78 Å². The maximum atomic E-state index is 11.6. The van der Waals surface area contributed by atoms with Gasteiger partial charge in [0.25, 0.3) is 0 Å². The second-order valence-electron chi connectivity index (χ2n) is 6.02. The van der Waals surface area contributed by atoms with Crippen molar-refractivity contribution < 1.29 is 14.3 Å². The molecule has 0 bridgehead atoms. The van der Waals surface area contributed by atoms with Gasteiger partial charge in [0.15, 0.2) is 5.78 Å². The Balaban J connectivity index is 1.69. The zero-order valence-corrected chi connectivity index (χ0v) is 13.9. The monoisotopic (exact) mass is 305 g/mol. The molecule has 1 aliphatic heterocycles. The van der Waals surface area contributed by atoms with E-state index >= 15 is 0 Å². The van der Waals surface area contributed by atoms with Gasteiger partial charge in [-0.25, -0.2) is 0 Å². The summed E-state index contributed by atoms with van der Waals surface area (Å²) in [4.78, 5) is 14.0. The number of nitrogens with zero attached hydrogens (tertiary/aromatic N) is 1. The van der Waals surface area contributed by atoms with Crippen molar-refractivity contribution in [2.24, 2.45) is 0 Å². The van der Waals surface area contributed by atoms with Crippen molar-refractivity contribution in [2.75, 3.05) is 26.2 Å². The third-order valence-electron chi connectivity index (χ3n) is 3.88. The first-order valence-corrected chi connectivity index (χ1v) is 8.22. The molecule has 1 aromatic rings. The fourth-order valence-electron chi connectivity index (χ4n) is 2.89. The van der Waals surface area contributed by atoms with Gasteiger partial charge >= 0.3 is 0 Å². The third-order valence-corrected chi connectivity index (χ3v) is 3.88. The Bertz CT molecular complexity index is 462. The van der Waals surface area contributed by atoms with E-state index < -0.39 is 0 Å². The van der Waals surface area contributed by atoms with Crippen LogP contribution in [-0.2, 0) is 4.74 Å². The minimum Gasteiger partial charge on any atom is -0.494 e. The van der Waals surface area contributed by atoms with Crippen molar-refractivity contribution in [2.45, 2.75) is 45.8 Å². The van der Waals surface area contributed by atoms with Crippen molar-refractivity contribution in [3.63, 3.8) is 0 Å². The standard InChI is InChI=1S/C18H27NO3/c1-4-18(20)16-6-8-17(9-7-16)21-11-5-10-19-12-14(2)22-15(3)13-19/h6-9,14-15H,4-5,10-13H2,1-3H3/t14-,15+. The summed E-state index contributed by atoms with van der Waals surface area (Å²) < 4.78 is 11.5. The highest BCUT2D eigenvalue weighted by atomic mass is 16.5. The molecule has 1 aliphatic rings. The minimum atomic E-state index is 0.169. The van der Waals surface area contributed by atoms with E-state index in [9.17, 15) is 4.79 Å². The van der Waals surface area contributed by atoms with Crippen LogP contribution in [0.15, 0.2) is 24.3 Å². The molecular weight excluding hydrogens is 278 g/mol. The molecule has 0 aliphatic carbocycles. The number of hydrogen-bond donors (Lipinski definition) is 0. The number of ketones is 1. The van der Waals surface area contributed by atoms with Crippen LogP contribution in [0, 0.1) is 0 Å². The zero-order chi connectivity index (χ0) is 15.9. The summed E-state index contributed by atoms with van der Waals surface area (Å²) in [5.41, 5.74) is 0.756. The van der Waals surface area contributed by atoms with E-state index in [4.69, 9.17) is 9.47 Å². The molecule has 2 rings (SSSR count). The molecule has 1 fully saturated rings. The highest BCUT2D eigenvalue weighted by Gasteiger charge is 2.21. The van der Waals surface area contributed by atoms with E-state index in [0.29, 0.717) is 25.2 Å². The van der Waals surface area contributed by atoms with Gasteiger partial charge < -0.3 is 9.47 Å². The Labute approximate surface area is 133 Å². The molecule has 1 heterocycles. The summed E-state index contributed by atoms with van der Waals surface area (Å²) in [6, 6.07) is 7.43. The van der Waals surface area contributed by atoms with Crippen LogP contribution in [0.2, 0.25) is 0 Å². The first-order chi connectivity index (χ1) is 10.6. The smallest absolute Gasteiger partial charge is 0.162 e. The van der Waals surface area contributed by atoms with E-state index in [0.717, 1.165) is 37.4 Å². The summed E-state index contributed by atoms with van der Waals surface area (Å²) in [7, 11) is 0. The first kappa shape index (κ1) is 17.0. The van der Waals surface area contributed by atoms with E-state index in [2.05, 4.69) is 18.7 Å². The number of carbonyl (C=O) groups is 1. The fraction of sp³-hybridized carbons (Fsp3) is 0.611. The normalized spacial score (nSPS) is 22.5. The van der Waals surface area contributed by atoms with Gasteiger partial charge in [-0.15, -0.1) is 0 Å². The number of hydrogen-bond acceptors (Lipinski definition) is 4. The molecule has 0 radical (unpaired) electrons. The molecule has 22 heavy (non-hydrogen) atoms. The van der Waals surface area contributed by atoms with E-state index in [1.807, 2.05) is 31.2 Å². The van der Waals surface area contributed by atoms with Crippen LogP contribution in [0.5, 0.6) is 5.75 Å². The van der Waals surface area contributed by atoms with Crippen LogP contribution < -0.4 is 4.74 Å². The SMILES string of the molecule is CCC(=O)c1ccc(OCCCN2C[C@@H](C)O[C@@H](C)C2)cc1. The zero-order valence-electron chi connectivity index (χ0n) is 13.9. The summed E-state index contributed by atoms with van der Waals surface area (Å²) in [6.45, 7) is 9.85. The molecule has 0 spiro atoms. The molecule has 1 saturated heterocycles. The quantitative estimate of drug-likeness (QED) is 0.573. The Kier molecular flexibility index (Phi) is 6.40. The molecule has 2 atom stereocenters. The van der Waals surface area contributed by atoms with E-state index in [1.165, 1.54) is 0 Å².